The lowest BCUT2D eigenvalue weighted by Gasteiger charge is -2.03. The number of imidazole rings is 1. The average molecular weight is 279 g/mol. The highest BCUT2D eigenvalue weighted by Crippen LogP contribution is 2.14. The van der Waals surface area contributed by atoms with Crippen LogP contribution < -0.4 is 11.0 Å². The third-order valence-electron chi connectivity index (χ3n) is 3.01. The Morgan fingerprint density at radius 2 is 1.95 bits per heavy atom. The van der Waals surface area contributed by atoms with Crippen molar-refractivity contribution < 1.29 is 0 Å². The summed E-state index contributed by atoms with van der Waals surface area (Å²) in [4.78, 5) is 14.6. The van der Waals surface area contributed by atoms with Gasteiger partial charge in [-0.1, -0.05) is 6.92 Å². The van der Waals surface area contributed by atoms with E-state index in [0.29, 0.717) is 0 Å². The van der Waals surface area contributed by atoms with Crippen molar-refractivity contribution in [2.75, 3.05) is 6.54 Å². The van der Waals surface area contributed by atoms with Gasteiger partial charge < -0.3 is 5.32 Å². The molecule has 0 aromatic carbocycles. The zero-order valence-corrected chi connectivity index (χ0v) is 12.4. The van der Waals surface area contributed by atoms with Crippen molar-refractivity contribution in [3.63, 3.8) is 0 Å². The maximum atomic E-state index is 11.9. The van der Waals surface area contributed by atoms with Gasteiger partial charge in [-0.15, -0.1) is 11.3 Å². The van der Waals surface area contributed by atoms with Crippen molar-refractivity contribution in [1.29, 1.82) is 0 Å². The Morgan fingerprint density at radius 3 is 2.58 bits per heavy atom. The number of hydrogen-bond acceptors (Lipinski definition) is 3. The van der Waals surface area contributed by atoms with Crippen molar-refractivity contribution in [2.24, 2.45) is 0 Å². The molecule has 2 rings (SSSR count). The summed E-state index contributed by atoms with van der Waals surface area (Å²) in [7, 11) is 0. The lowest BCUT2D eigenvalue weighted by atomic mass is 10.4. The molecule has 0 radical (unpaired) electrons. The van der Waals surface area contributed by atoms with Crippen LogP contribution in [0.15, 0.2) is 29.3 Å². The largest absolute Gasteiger partial charge is 0.328 e. The lowest BCUT2D eigenvalue weighted by molar-refractivity contribution is 0.564. The average Bonchev–Trinajstić information content (AvgIpc) is 2.95. The van der Waals surface area contributed by atoms with Gasteiger partial charge in [0.2, 0.25) is 0 Å². The normalized spacial score (nSPS) is 11.1. The van der Waals surface area contributed by atoms with Gasteiger partial charge in [-0.2, -0.15) is 0 Å². The molecule has 104 valence electrons. The van der Waals surface area contributed by atoms with Crippen LogP contribution in [-0.4, -0.2) is 15.7 Å². The van der Waals surface area contributed by atoms with Crippen LogP contribution in [0.25, 0.3) is 0 Å². The highest BCUT2D eigenvalue weighted by atomic mass is 32.1. The minimum atomic E-state index is 0.0932. The SMILES string of the molecule is CCCn1ccn(CCNCc2ccc(C)s2)c1=O. The Bertz CT molecular complexity index is 567. The number of aromatic nitrogens is 2. The molecule has 19 heavy (non-hydrogen) atoms. The van der Waals surface area contributed by atoms with E-state index in [1.807, 2.05) is 23.7 Å². The first kappa shape index (κ1) is 14.1. The molecule has 2 aromatic rings. The smallest absolute Gasteiger partial charge is 0.310 e. The number of aryl methyl sites for hydroxylation is 2. The molecule has 0 aliphatic heterocycles. The van der Waals surface area contributed by atoms with E-state index in [9.17, 15) is 4.79 Å². The number of rotatable bonds is 7. The van der Waals surface area contributed by atoms with E-state index in [-0.39, 0.29) is 5.69 Å². The van der Waals surface area contributed by atoms with Gasteiger partial charge >= 0.3 is 5.69 Å². The summed E-state index contributed by atoms with van der Waals surface area (Å²) in [5.41, 5.74) is 0.0932. The molecule has 0 unspecified atom stereocenters. The Labute approximate surface area is 117 Å². The van der Waals surface area contributed by atoms with Crippen molar-refractivity contribution in [2.45, 2.75) is 39.9 Å². The monoisotopic (exact) mass is 279 g/mol. The molecule has 0 bridgehead atoms. The van der Waals surface area contributed by atoms with E-state index in [1.54, 1.807) is 9.13 Å². The van der Waals surface area contributed by atoms with Gasteiger partial charge in [0.15, 0.2) is 0 Å². The van der Waals surface area contributed by atoms with Crippen molar-refractivity contribution >= 4 is 11.3 Å². The van der Waals surface area contributed by atoms with Crippen LogP contribution in [-0.2, 0) is 19.6 Å². The summed E-state index contributed by atoms with van der Waals surface area (Å²) in [6.45, 7) is 7.40. The van der Waals surface area contributed by atoms with Gasteiger partial charge in [0.1, 0.15) is 0 Å². The van der Waals surface area contributed by atoms with Crippen LogP contribution in [0.2, 0.25) is 0 Å². The number of nitrogens with one attached hydrogen (secondary N) is 1. The topological polar surface area (TPSA) is 39.0 Å². The molecule has 4 nitrogen and oxygen atoms in total. The summed E-state index contributed by atoms with van der Waals surface area (Å²) < 4.78 is 3.53. The van der Waals surface area contributed by atoms with Crippen molar-refractivity contribution in [1.82, 2.24) is 14.5 Å². The predicted octanol–water partition coefficient (Wildman–Crippen LogP) is 2.22. The molecule has 0 aliphatic carbocycles. The predicted molar refractivity (Wildman–Crippen MR) is 79.7 cm³/mol. The molecule has 5 heteroatoms. The Morgan fingerprint density at radius 1 is 1.21 bits per heavy atom. The summed E-state index contributed by atoms with van der Waals surface area (Å²) in [5.74, 6) is 0. The van der Waals surface area contributed by atoms with Gasteiger partial charge in [0.05, 0.1) is 0 Å². The quantitative estimate of drug-likeness (QED) is 0.789. The molecule has 0 fully saturated rings. The molecule has 1 N–H and O–H groups in total. The van der Waals surface area contributed by atoms with Gasteiger partial charge in [0, 0.05) is 48.3 Å². The van der Waals surface area contributed by atoms with Crippen molar-refractivity contribution in [3.8, 4) is 0 Å². The van der Waals surface area contributed by atoms with E-state index in [0.717, 1.165) is 32.6 Å². The summed E-state index contributed by atoms with van der Waals surface area (Å²) >= 11 is 1.81. The molecular formula is C14H21N3OS. The summed E-state index contributed by atoms with van der Waals surface area (Å²) in [5, 5.41) is 3.37. The fraction of sp³-hybridized carbons (Fsp3) is 0.500. The summed E-state index contributed by atoms with van der Waals surface area (Å²) in [6.07, 6.45) is 4.73. The third kappa shape index (κ3) is 3.81. The van der Waals surface area contributed by atoms with E-state index >= 15 is 0 Å². The van der Waals surface area contributed by atoms with Crippen LogP contribution in [0, 0.1) is 6.92 Å². The highest BCUT2D eigenvalue weighted by Gasteiger charge is 2.02. The van der Waals surface area contributed by atoms with Crippen LogP contribution in [0.3, 0.4) is 0 Å². The van der Waals surface area contributed by atoms with Crippen molar-refractivity contribution in [3.05, 3.63) is 44.8 Å². The highest BCUT2D eigenvalue weighted by molar-refractivity contribution is 7.11. The molecule has 2 heterocycles. The van der Waals surface area contributed by atoms with Crippen LogP contribution in [0.5, 0.6) is 0 Å². The minimum Gasteiger partial charge on any atom is -0.310 e. The van der Waals surface area contributed by atoms with Crippen LogP contribution in [0.1, 0.15) is 23.1 Å². The van der Waals surface area contributed by atoms with Gasteiger partial charge in [-0.25, -0.2) is 4.79 Å². The molecule has 0 amide bonds. The van der Waals surface area contributed by atoms with Gasteiger partial charge in [-0.3, -0.25) is 9.13 Å². The van der Waals surface area contributed by atoms with E-state index in [4.69, 9.17) is 0 Å². The first-order valence-corrected chi connectivity index (χ1v) is 7.54. The lowest BCUT2D eigenvalue weighted by Crippen LogP contribution is -2.28. The molecule has 0 saturated heterocycles. The Hall–Kier alpha value is -1.33. The molecule has 0 spiro atoms. The fourth-order valence-electron chi connectivity index (χ4n) is 2.03. The number of thiophene rings is 1. The standard InChI is InChI=1S/C14H21N3OS/c1-3-7-16-9-10-17(14(16)18)8-6-15-11-13-5-4-12(2)19-13/h4-5,9-10,15H,3,6-8,11H2,1-2H3. The van der Waals surface area contributed by atoms with Crippen LogP contribution >= 0.6 is 11.3 Å². The van der Waals surface area contributed by atoms with E-state index < -0.39 is 0 Å². The van der Waals surface area contributed by atoms with E-state index in [1.165, 1.54) is 9.75 Å². The summed E-state index contributed by atoms with van der Waals surface area (Å²) in [6, 6.07) is 4.29. The molecular weight excluding hydrogens is 258 g/mol. The zero-order valence-electron chi connectivity index (χ0n) is 11.6. The van der Waals surface area contributed by atoms with Gasteiger partial charge in [-0.05, 0) is 25.5 Å². The molecule has 0 atom stereocenters. The third-order valence-corrected chi connectivity index (χ3v) is 4.01. The second-order valence-electron chi connectivity index (χ2n) is 4.66. The van der Waals surface area contributed by atoms with Crippen LogP contribution in [0.4, 0.5) is 0 Å². The Balaban J connectivity index is 1.78. The second-order valence-corrected chi connectivity index (χ2v) is 6.03. The number of hydrogen-bond donors (Lipinski definition) is 1. The first-order chi connectivity index (χ1) is 9.20. The van der Waals surface area contributed by atoms with Gasteiger partial charge in [0.25, 0.3) is 0 Å². The molecule has 2 aromatic heterocycles. The zero-order chi connectivity index (χ0) is 13.7. The first-order valence-electron chi connectivity index (χ1n) is 6.72. The van der Waals surface area contributed by atoms with E-state index in [2.05, 4.69) is 31.3 Å². The number of nitrogens with zero attached hydrogens (tertiary/aromatic N) is 2. The maximum Gasteiger partial charge on any atom is 0.328 e. The minimum absolute atomic E-state index is 0.0932. The molecule has 0 aliphatic rings. The maximum absolute atomic E-state index is 11.9. The second kappa shape index (κ2) is 6.73. The Kier molecular flexibility index (Phi) is 4.99. The molecule has 0 saturated carbocycles. The fourth-order valence-corrected chi connectivity index (χ4v) is 2.89.